The van der Waals surface area contributed by atoms with Crippen LogP contribution in [0.1, 0.15) is 20.3 Å². The van der Waals surface area contributed by atoms with Crippen molar-refractivity contribution >= 4 is 8.07 Å². The molecule has 0 fully saturated rings. The highest BCUT2D eigenvalue weighted by molar-refractivity contribution is 6.76. The Morgan fingerprint density at radius 3 is 2.25 bits per heavy atom. The van der Waals surface area contributed by atoms with E-state index in [4.69, 9.17) is 0 Å². The fourth-order valence-corrected chi connectivity index (χ4v) is 2.39. The fraction of sp³-hybridized carbons (Fsp3) is 0.714. The van der Waals surface area contributed by atoms with E-state index in [0.717, 1.165) is 0 Å². The maximum absolute atomic E-state index is 9.85. The van der Waals surface area contributed by atoms with Crippen LogP contribution in [0.3, 0.4) is 0 Å². The smallest absolute Gasteiger partial charge is 0.0605 e. The summed E-state index contributed by atoms with van der Waals surface area (Å²) in [5.41, 5.74) is 0. The third-order valence-corrected chi connectivity index (χ3v) is 4.47. The van der Waals surface area contributed by atoms with Crippen molar-refractivity contribution in [1.82, 2.24) is 0 Å². The summed E-state index contributed by atoms with van der Waals surface area (Å²) >= 11 is 0. The minimum Gasteiger partial charge on any atom is -0.393 e. The third kappa shape index (κ3) is 7.02. The van der Waals surface area contributed by atoms with Crippen LogP contribution in [0.15, 0.2) is 24.8 Å². The van der Waals surface area contributed by atoms with E-state index in [2.05, 4.69) is 52.2 Å². The van der Waals surface area contributed by atoms with E-state index in [1.807, 2.05) is 0 Å². The summed E-state index contributed by atoms with van der Waals surface area (Å²) in [5, 5.41) is 9.85. The van der Waals surface area contributed by atoms with E-state index < -0.39 is 8.07 Å². The van der Waals surface area contributed by atoms with E-state index in [-0.39, 0.29) is 6.10 Å². The van der Waals surface area contributed by atoms with Gasteiger partial charge in [0, 0.05) is 8.07 Å². The normalized spacial score (nSPS) is 18.4. The molecule has 0 aliphatic heterocycles. The van der Waals surface area contributed by atoms with Gasteiger partial charge in [-0.25, -0.2) is 0 Å². The summed E-state index contributed by atoms with van der Waals surface area (Å²) in [7, 11) is -0.967. The standard InChI is InChI=1S/C14H28OSi/c1-7-9-14(15)13(3)12(2)10-8-11-16(4,5)6/h7-8,10,12-15H,1,9,11H2,2-6H3/b10-8+/t12-,13+,14?/m1/s1. The highest BCUT2D eigenvalue weighted by Gasteiger charge is 2.18. The molecule has 0 aromatic rings. The predicted molar refractivity (Wildman–Crippen MR) is 76.4 cm³/mol. The second-order valence-corrected chi connectivity index (χ2v) is 11.5. The molecule has 1 N–H and O–H groups in total. The van der Waals surface area contributed by atoms with Crippen molar-refractivity contribution in [2.24, 2.45) is 11.8 Å². The topological polar surface area (TPSA) is 20.2 Å². The second-order valence-electron chi connectivity index (χ2n) is 6.00. The Morgan fingerprint density at radius 2 is 1.81 bits per heavy atom. The van der Waals surface area contributed by atoms with Crippen LogP contribution in [0.25, 0.3) is 0 Å². The van der Waals surface area contributed by atoms with Crippen LogP contribution < -0.4 is 0 Å². The van der Waals surface area contributed by atoms with Gasteiger partial charge < -0.3 is 5.11 Å². The minimum atomic E-state index is -0.967. The molecule has 0 aromatic heterocycles. The molecule has 0 aliphatic rings. The summed E-state index contributed by atoms with van der Waals surface area (Å²) < 4.78 is 0. The summed E-state index contributed by atoms with van der Waals surface area (Å²) in [6.45, 7) is 15.1. The van der Waals surface area contributed by atoms with E-state index in [9.17, 15) is 5.11 Å². The van der Waals surface area contributed by atoms with Gasteiger partial charge in [-0.2, -0.15) is 0 Å². The predicted octanol–water partition coefficient (Wildman–Crippen LogP) is 4.09. The summed E-state index contributed by atoms with van der Waals surface area (Å²) in [6.07, 6.45) is 6.78. The van der Waals surface area contributed by atoms with Crippen molar-refractivity contribution in [3.05, 3.63) is 24.8 Å². The molecule has 0 amide bonds. The van der Waals surface area contributed by atoms with E-state index >= 15 is 0 Å². The lowest BCUT2D eigenvalue weighted by atomic mass is 9.89. The fourth-order valence-electron chi connectivity index (χ4n) is 1.55. The molecular weight excluding hydrogens is 212 g/mol. The minimum absolute atomic E-state index is 0.260. The van der Waals surface area contributed by atoms with Crippen LogP contribution in [0.2, 0.25) is 25.7 Å². The molecule has 94 valence electrons. The van der Waals surface area contributed by atoms with E-state index in [0.29, 0.717) is 18.3 Å². The molecule has 0 saturated carbocycles. The van der Waals surface area contributed by atoms with Crippen LogP contribution in [0.5, 0.6) is 0 Å². The Morgan fingerprint density at radius 1 is 1.25 bits per heavy atom. The number of aliphatic hydroxyl groups excluding tert-OH is 1. The van der Waals surface area contributed by atoms with Gasteiger partial charge in [-0.05, 0) is 24.3 Å². The van der Waals surface area contributed by atoms with Crippen molar-refractivity contribution in [3.8, 4) is 0 Å². The molecule has 0 spiro atoms. The van der Waals surface area contributed by atoms with Crippen LogP contribution >= 0.6 is 0 Å². The van der Waals surface area contributed by atoms with Gasteiger partial charge in [-0.3, -0.25) is 0 Å². The molecule has 3 atom stereocenters. The van der Waals surface area contributed by atoms with Gasteiger partial charge in [0.15, 0.2) is 0 Å². The molecule has 0 heterocycles. The Labute approximate surface area is 102 Å². The lowest BCUT2D eigenvalue weighted by Gasteiger charge is -2.22. The number of hydrogen-bond donors (Lipinski definition) is 1. The highest BCUT2D eigenvalue weighted by atomic mass is 28.3. The molecule has 0 bridgehead atoms. The van der Waals surface area contributed by atoms with Crippen molar-refractivity contribution in [2.45, 2.75) is 52.1 Å². The van der Waals surface area contributed by atoms with Gasteiger partial charge in [0.25, 0.3) is 0 Å². The first-order valence-electron chi connectivity index (χ1n) is 6.23. The largest absolute Gasteiger partial charge is 0.393 e. The Balaban J connectivity index is 4.13. The van der Waals surface area contributed by atoms with Crippen LogP contribution in [0.4, 0.5) is 0 Å². The van der Waals surface area contributed by atoms with Gasteiger partial charge in [0.1, 0.15) is 0 Å². The average molecular weight is 240 g/mol. The highest BCUT2D eigenvalue weighted by Crippen LogP contribution is 2.20. The molecule has 16 heavy (non-hydrogen) atoms. The lowest BCUT2D eigenvalue weighted by molar-refractivity contribution is 0.101. The molecule has 1 nitrogen and oxygen atoms in total. The molecule has 0 radical (unpaired) electrons. The molecular formula is C14H28OSi. The van der Waals surface area contributed by atoms with Crippen molar-refractivity contribution in [1.29, 1.82) is 0 Å². The summed E-state index contributed by atoms with van der Waals surface area (Å²) in [6, 6.07) is 1.22. The number of hydrogen-bond acceptors (Lipinski definition) is 1. The maximum Gasteiger partial charge on any atom is 0.0605 e. The number of allylic oxidation sites excluding steroid dienone is 2. The van der Waals surface area contributed by atoms with Gasteiger partial charge in [0.05, 0.1) is 6.10 Å². The number of rotatable bonds is 7. The Kier molecular flexibility index (Phi) is 6.92. The third-order valence-electron chi connectivity index (χ3n) is 3.01. The van der Waals surface area contributed by atoms with Gasteiger partial charge >= 0.3 is 0 Å². The first kappa shape index (κ1) is 15.7. The Bertz CT molecular complexity index is 227. The van der Waals surface area contributed by atoms with E-state index in [1.54, 1.807) is 6.08 Å². The van der Waals surface area contributed by atoms with Crippen molar-refractivity contribution in [2.75, 3.05) is 0 Å². The Hall–Kier alpha value is -0.343. The zero-order valence-electron chi connectivity index (χ0n) is 11.5. The zero-order valence-corrected chi connectivity index (χ0v) is 12.5. The van der Waals surface area contributed by atoms with E-state index in [1.165, 1.54) is 6.04 Å². The zero-order chi connectivity index (χ0) is 12.8. The molecule has 0 rings (SSSR count). The lowest BCUT2D eigenvalue weighted by Crippen LogP contribution is -2.22. The number of aliphatic hydroxyl groups is 1. The van der Waals surface area contributed by atoms with Crippen LogP contribution in [0, 0.1) is 11.8 Å². The van der Waals surface area contributed by atoms with Gasteiger partial charge in [-0.1, -0.05) is 51.7 Å². The average Bonchev–Trinajstić information content (AvgIpc) is 2.14. The quantitative estimate of drug-likeness (QED) is 0.525. The van der Waals surface area contributed by atoms with Gasteiger partial charge in [-0.15, -0.1) is 6.58 Å². The molecule has 0 aliphatic carbocycles. The van der Waals surface area contributed by atoms with Gasteiger partial charge in [0.2, 0.25) is 0 Å². The molecule has 1 unspecified atom stereocenters. The summed E-state index contributed by atoms with van der Waals surface area (Å²) in [5.74, 6) is 0.738. The SMILES string of the molecule is C=CCC(O)[C@@H](C)[C@H](C)/C=C/C[Si](C)(C)C. The monoisotopic (exact) mass is 240 g/mol. The van der Waals surface area contributed by atoms with Crippen LogP contribution in [-0.2, 0) is 0 Å². The van der Waals surface area contributed by atoms with Crippen LogP contribution in [-0.4, -0.2) is 19.3 Å². The second kappa shape index (κ2) is 7.07. The first-order valence-corrected chi connectivity index (χ1v) is 9.94. The maximum atomic E-state index is 9.85. The van der Waals surface area contributed by atoms with Crippen molar-refractivity contribution < 1.29 is 5.11 Å². The van der Waals surface area contributed by atoms with Crippen molar-refractivity contribution in [3.63, 3.8) is 0 Å². The molecule has 0 aromatic carbocycles. The summed E-state index contributed by atoms with van der Waals surface area (Å²) in [4.78, 5) is 0. The first-order chi connectivity index (χ1) is 7.28. The molecule has 2 heteroatoms. The molecule has 0 saturated heterocycles.